The SMILES string of the molecule is CO[Si](CCCC1CC(=O)N(CC(C)C)C1=O)(OC)OC. The second-order valence-corrected chi connectivity index (χ2v) is 8.92. The van der Waals surface area contributed by atoms with Crippen LogP contribution in [-0.4, -0.2) is 53.4 Å². The number of carbonyl (C=O) groups excluding carboxylic acids is 2. The van der Waals surface area contributed by atoms with E-state index >= 15 is 0 Å². The van der Waals surface area contributed by atoms with Crippen molar-refractivity contribution < 1.29 is 22.9 Å². The van der Waals surface area contributed by atoms with E-state index in [-0.39, 0.29) is 17.7 Å². The number of nitrogens with zero attached hydrogens (tertiary/aromatic N) is 1. The minimum absolute atomic E-state index is 0.0341. The fourth-order valence-corrected chi connectivity index (χ4v) is 4.40. The lowest BCUT2D eigenvalue weighted by Crippen LogP contribution is -2.42. The number of likely N-dealkylation sites (tertiary alicyclic amines) is 1. The third-order valence-electron chi connectivity index (χ3n) is 3.85. The van der Waals surface area contributed by atoms with Gasteiger partial charge >= 0.3 is 8.80 Å². The van der Waals surface area contributed by atoms with E-state index < -0.39 is 8.80 Å². The molecule has 1 saturated heterocycles. The molecule has 1 aliphatic rings. The van der Waals surface area contributed by atoms with Crippen molar-refractivity contribution in [3.05, 3.63) is 0 Å². The number of rotatable bonds is 9. The van der Waals surface area contributed by atoms with Gasteiger partial charge in [-0.2, -0.15) is 0 Å². The van der Waals surface area contributed by atoms with Crippen molar-refractivity contribution in [1.29, 1.82) is 0 Å². The highest BCUT2D eigenvalue weighted by Crippen LogP contribution is 2.27. The van der Waals surface area contributed by atoms with Crippen molar-refractivity contribution in [2.75, 3.05) is 27.9 Å². The van der Waals surface area contributed by atoms with Crippen LogP contribution in [0.3, 0.4) is 0 Å². The Morgan fingerprint density at radius 3 is 2.24 bits per heavy atom. The lowest BCUT2D eigenvalue weighted by Gasteiger charge is -2.24. The van der Waals surface area contributed by atoms with Gasteiger partial charge in [-0.3, -0.25) is 14.5 Å². The summed E-state index contributed by atoms with van der Waals surface area (Å²) in [4.78, 5) is 25.5. The summed E-state index contributed by atoms with van der Waals surface area (Å²) >= 11 is 0. The second kappa shape index (κ2) is 8.02. The van der Waals surface area contributed by atoms with Crippen molar-refractivity contribution in [2.24, 2.45) is 11.8 Å². The first kappa shape index (κ1) is 18.3. The Hall–Kier alpha value is -0.763. The average molecular weight is 317 g/mol. The molecular weight excluding hydrogens is 290 g/mol. The first-order valence-corrected chi connectivity index (χ1v) is 9.32. The van der Waals surface area contributed by atoms with E-state index in [0.29, 0.717) is 31.3 Å². The van der Waals surface area contributed by atoms with Crippen molar-refractivity contribution in [2.45, 2.75) is 39.2 Å². The number of hydrogen-bond donors (Lipinski definition) is 0. The zero-order valence-corrected chi connectivity index (χ0v) is 14.7. The molecule has 1 unspecified atom stereocenters. The Balaban J connectivity index is 2.50. The molecule has 0 spiro atoms. The van der Waals surface area contributed by atoms with Gasteiger partial charge in [0.25, 0.3) is 0 Å². The van der Waals surface area contributed by atoms with Crippen LogP contribution in [0.2, 0.25) is 6.04 Å². The summed E-state index contributed by atoms with van der Waals surface area (Å²) in [5, 5.41) is 0. The number of carbonyl (C=O) groups is 2. The second-order valence-electron chi connectivity index (χ2n) is 5.83. The highest BCUT2D eigenvalue weighted by molar-refractivity contribution is 6.60. The molecule has 7 heteroatoms. The molecule has 0 bridgehead atoms. The van der Waals surface area contributed by atoms with Crippen LogP contribution < -0.4 is 0 Å². The fourth-order valence-electron chi connectivity index (χ4n) is 2.66. The first-order chi connectivity index (χ1) is 9.89. The largest absolute Gasteiger partial charge is 0.500 e. The van der Waals surface area contributed by atoms with Crippen LogP contribution in [0.5, 0.6) is 0 Å². The predicted molar refractivity (Wildman–Crippen MR) is 80.5 cm³/mol. The summed E-state index contributed by atoms with van der Waals surface area (Å²) < 4.78 is 16.1. The summed E-state index contributed by atoms with van der Waals surface area (Å²) in [7, 11) is 2.15. The molecule has 0 aromatic carbocycles. The lowest BCUT2D eigenvalue weighted by molar-refractivity contribution is -0.140. The Labute approximate surface area is 128 Å². The molecule has 1 rings (SSSR count). The zero-order chi connectivity index (χ0) is 16.0. The molecule has 1 heterocycles. The van der Waals surface area contributed by atoms with Gasteiger partial charge in [0.05, 0.1) is 0 Å². The molecule has 122 valence electrons. The van der Waals surface area contributed by atoms with Gasteiger partial charge in [0.1, 0.15) is 0 Å². The Morgan fingerprint density at radius 1 is 1.19 bits per heavy atom. The molecule has 0 aliphatic carbocycles. The first-order valence-electron chi connectivity index (χ1n) is 7.38. The van der Waals surface area contributed by atoms with E-state index in [1.54, 1.807) is 21.3 Å². The Kier molecular flexibility index (Phi) is 6.99. The molecule has 2 amide bonds. The summed E-state index contributed by atoms with van der Waals surface area (Å²) in [6.45, 7) is 4.52. The summed E-state index contributed by atoms with van der Waals surface area (Å²) in [5.74, 6) is 0.0151. The van der Waals surface area contributed by atoms with Gasteiger partial charge < -0.3 is 13.3 Å². The highest BCUT2D eigenvalue weighted by atomic mass is 28.4. The summed E-state index contributed by atoms with van der Waals surface area (Å²) in [6.07, 6.45) is 1.75. The molecule has 1 aliphatic heterocycles. The van der Waals surface area contributed by atoms with Crippen molar-refractivity contribution in [1.82, 2.24) is 4.90 Å². The smallest absolute Gasteiger partial charge is 0.377 e. The van der Waals surface area contributed by atoms with Crippen molar-refractivity contribution >= 4 is 20.6 Å². The molecule has 21 heavy (non-hydrogen) atoms. The van der Waals surface area contributed by atoms with Gasteiger partial charge in [-0.05, 0) is 18.8 Å². The van der Waals surface area contributed by atoms with Crippen LogP contribution in [0.15, 0.2) is 0 Å². The number of hydrogen-bond acceptors (Lipinski definition) is 5. The van der Waals surface area contributed by atoms with Crippen LogP contribution in [-0.2, 0) is 22.9 Å². The maximum atomic E-state index is 12.2. The van der Waals surface area contributed by atoms with E-state index in [1.165, 1.54) is 4.90 Å². The molecular formula is C14H27NO5Si. The minimum atomic E-state index is -2.58. The minimum Gasteiger partial charge on any atom is -0.377 e. The number of imide groups is 1. The van der Waals surface area contributed by atoms with Gasteiger partial charge in [-0.15, -0.1) is 0 Å². The van der Waals surface area contributed by atoms with Crippen LogP contribution in [0.25, 0.3) is 0 Å². The average Bonchev–Trinajstić information content (AvgIpc) is 2.71. The topological polar surface area (TPSA) is 65.1 Å². The highest BCUT2D eigenvalue weighted by Gasteiger charge is 2.41. The monoisotopic (exact) mass is 317 g/mol. The van der Waals surface area contributed by atoms with Crippen LogP contribution >= 0.6 is 0 Å². The van der Waals surface area contributed by atoms with E-state index in [9.17, 15) is 9.59 Å². The predicted octanol–water partition coefficient (Wildman–Crippen LogP) is 1.68. The third kappa shape index (κ3) is 4.60. The van der Waals surface area contributed by atoms with Gasteiger partial charge in [-0.1, -0.05) is 13.8 Å². The molecule has 1 atom stereocenters. The fraction of sp³-hybridized carbons (Fsp3) is 0.857. The Bertz CT molecular complexity index is 362. The standard InChI is InChI=1S/C14H27NO5Si/c1-11(2)10-15-13(16)9-12(14(15)17)7-6-8-21(18-3,19-4)20-5/h11-12H,6-10H2,1-5H3. The molecule has 0 N–H and O–H groups in total. The van der Waals surface area contributed by atoms with E-state index in [0.717, 1.165) is 6.42 Å². The maximum absolute atomic E-state index is 12.2. The molecule has 6 nitrogen and oxygen atoms in total. The molecule has 0 aromatic rings. The van der Waals surface area contributed by atoms with E-state index in [2.05, 4.69) is 0 Å². The van der Waals surface area contributed by atoms with E-state index in [1.807, 2.05) is 13.8 Å². The van der Waals surface area contributed by atoms with Crippen LogP contribution in [0.1, 0.15) is 33.1 Å². The normalized spacial score (nSPS) is 19.9. The molecule has 0 saturated carbocycles. The summed E-state index contributed by atoms with van der Waals surface area (Å²) in [6, 6.07) is 0.651. The van der Waals surface area contributed by atoms with Gasteiger partial charge in [-0.25, -0.2) is 0 Å². The zero-order valence-electron chi connectivity index (χ0n) is 13.7. The van der Waals surface area contributed by atoms with Crippen molar-refractivity contribution in [3.63, 3.8) is 0 Å². The van der Waals surface area contributed by atoms with Crippen LogP contribution in [0.4, 0.5) is 0 Å². The van der Waals surface area contributed by atoms with E-state index in [4.69, 9.17) is 13.3 Å². The van der Waals surface area contributed by atoms with Gasteiger partial charge in [0, 0.05) is 46.3 Å². The maximum Gasteiger partial charge on any atom is 0.500 e. The van der Waals surface area contributed by atoms with Gasteiger partial charge in [0.15, 0.2) is 0 Å². The Morgan fingerprint density at radius 2 is 1.76 bits per heavy atom. The number of amides is 2. The van der Waals surface area contributed by atoms with Gasteiger partial charge in [0.2, 0.25) is 11.8 Å². The molecule has 1 fully saturated rings. The lowest BCUT2D eigenvalue weighted by atomic mass is 10.0. The summed E-state index contributed by atoms with van der Waals surface area (Å²) in [5.41, 5.74) is 0. The van der Waals surface area contributed by atoms with Crippen LogP contribution in [0, 0.1) is 11.8 Å². The quantitative estimate of drug-likeness (QED) is 0.478. The third-order valence-corrected chi connectivity index (χ3v) is 6.69. The molecule has 0 radical (unpaired) electrons. The van der Waals surface area contributed by atoms with Crippen molar-refractivity contribution in [3.8, 4) is 0 Å². The molecule has 0 aromatic heterocycles.